The third-order valence-corrected chi connectivity index (χ3v) is 5.43. The zero-order chi connectivity index (χ0) is 14.9. The van der Waals surface area contributed by atoms with Gasteiger partial charge in [0.05, 0.1) is 10.6 Å². The minimum Gasteiger partial charge on any atom is -0.361 e. The molecule has 0 spiro atoms. The largest absolute Gasteiger partial charge is 0.361 e. The monoisotopic (exact) mass is 358 g/mol. The number of hydrogen-bond acceptors (Lipinski definition) is 4. The topological polar surface area (TPSA) is 63.4 Å². The quantitative estimate of drug-likeness (QED) is 0.842. The molecule has 2 aromatic rings. The Labute approximate surface area is 126 Å². The van der Waals surface area contributed by atoms with Crippen molar-refractivity contribution in [3.05, 3.63) is 45.8 Å². The molecule has 0 N–H and O–H groups in total. The van der Waals surface area contributed by atoms with Crippen LogP contribution in [0.25, 0.3) is 0 Å². The fourth-order valence-electron chi connectivity index (χ4n) is 1.82. The van der Waals surface area contributed by atoms with Crippen LogP contribution in [0.2, 0.25) is 0 Å². The maximum atomic E-state index is 12.5. The molecule has 0 unspecified atom stereocenters. The highest BCUT2D eigenvalue weighted by molar-refractivity contribution is 9.10. The Balaban J connectivity index is 2.28. The number of nitrogens with zero attached hydrogens (tertiary/aromatic N) is 2. The fourth-order valence-corrected chi connectivity index (χ4v) is 3.23. The predicted molar refractivity (Wildman–Crippen MR) is 78.8 cm³/mol. The smallest absolute Gasteiger partial charge is 0.243 e. The van der Waals surface area contributed by atoms with Crippen molar-refractivity contribution in [2.24, 2.45) is 0 Å². The normalized spacial score (nSPS) is 12.1. The third-order valence-electron chi connectivity index (χ3n) is 3.08. The first-order chi connectivity index (χ1) is 9.32. The van der Waals surface area contributed by atoms with Crippen LogP contribution in [0.3, 0.4) is 0 Å². The van der Waals surface area contributed by atoms with Crippen molar-refractivity contribution < 1.29 is 12.9 Å². The molecule has 0 atom stereocenters. The van der Waals surface area contributed by atoms with Crippen LogP contribution in [-0.4, -0.2) is 24.9 Å². The van der Waals surface area contributed by atoms with Gasteiger partial charge in [0.1, 0.15) is 5.76 Å². The first-order valence-corrected chi connectivity index (χ1v) is 8.19. The minimum atomic E-state index is -3.52. The van der Waals surface area contributed by atoms with E-state index in [1.165, 1.54) is 4.31 Å². The maximum absolute atomic E-state index is 12.5. The summed E-state index contributed by atoms with van der Waals surface area (Å²) in [5.74, 6) is 0.639. The molecule has 0 saturated heterocycles. The molecule has 7 heteroatoms. The van der Waals surface area contributed by atoms with Crippen molar-refractivity contribution in [1.82, 2.24) is 9.46 Å². The average molecular weight is 359 g/mol. The van der Waals surface area contributed by atoms with E-state index >= 15 is 0 Å². The molecular weight excluding hydrogens is 344 g/mol. The molecule has 0 aliphatic carbocycles. The molecule has 0 saturated carbocycles. The molecule has 108 valence electrons. The van der Waals surface area contributed by atoms with Gasteiger partial charge in [-0.05, 0) is 38.1 Å². The van der Waals surface area contributed by atoms with Gasteiger partial charge in [-0.15, -0.1) is 0 Å². The zero-order valence-electron chi connectivity index (χ0n) is 11.4. The van der Waals surface area contributed by atoms with Crippen LogP contribution in [0, 0.1) is 13.8 Å². The van der Waals surface area contributed by atoms with Crippen molar-refractivity contribution in [1.29, 1.82) is 0 Å². The summed E-state index contributed by atoms with van der Waals surface area (Å²) < 4.78 is 32.1. The van der Waals surface area contributed by atoms with Gasteiger partial charge < -0.3 is 4.52 Å². The molecule has 20 heavy (non-hydrogen) atoms. The van der Waals surface area contributed by atoms with Crippen molar-refractivity contribution in [3.8, 4) is 0 Å². The molecule has 1 aromatic carbocycles. The molecular formula is C13H15BrN2O3S. The summed E-state index contributed by atoms with van der Waals surface area (Å²) in [6, 6.07) is 6.56. The van der Waals surface area contributed by atoms with Gasteiger partial charge >= 0.3 is 0 Å². The van der Waals surface area contributed by atoms with E-state index in [0.717, 1.165) is 10.0 Å². The van der Waals surface area contributed by atoms with Gasteiger partial charge in [-0.25, -0.2) is 8.42 Å². The first kappa shape index (κ1) is 15.2. The highest BCUT2D eigenvalue weighted by atomic mass is 79.9. The van der Waals surface area contributed by atoms with Crippen LogP contribution in [0.5, 0.6) is 0 Å². The molecule has 0 fully saturated rings. The highest BCUT2D eigenvalue weighted by Crippen LogP contribution is 2.21. The molecule has 5 nitrogen and oxygen atoms in total. The zero-order valence-corrected chi connectivity index (χ0v) is 13.8. The Kier molecular flexibility index (Phi) is 4.31. The van der Waals surface area contributed by atoms with Crippen LogP contribution in [0.15, 0.2) is 38.2 Å². The number of aryl methyl sites for hydroxylation is 2. The lowest BCUT2D eigenvalue weighted by molar-refractivity contribution is 0.390. The number of hydrogen-bond donors (Lipinski definition) is 0. The second-order valence-corrected chi connectivity index (χ2v) is 7.48. The Morgan fingerprint density at radius 1 is 1.25 bits per heavy atom. The van der Waals surface area contributed by atoms with Crippen molar-refractivity contribution in [2.75, 3.05) is 7.05 Å². The Morgan fingerprint density at radius 3 is 2.35 bits per heavy atom. The second-order valence-electron chi connectivity index (χ2n) is 4.52. The van der Waals surface area contributed by atoms with Crippen molar-refractivity contribution in [2.45, 2.75) is 25.3 Å². The van der Waals surface area contributed by atoms with Crippen molar-refractivity contribution >= 4 is 26.0 Å². The fraction of sp³-hybridized carbons (Fsp3) is 0.308. The molecule has 0 aliphatic rings. The number of aromatic nitrogens is 1. The number of rotatable bonds is 4. The summed E-state index contributed by atoms with van der Waals surface area (Å²) in [7, 11) is -1.98. The van der Waals surface area contributed by atoms with E-state index in [-0.39, 0.29) is 11.4 Å². The molecule has 0 bridgehead atoms. The Hall–Kier alpha value is -1.18. The molecule has 1 aromatic heterocycles. The standard InChI is InChI=1S/C13H15BrN2O3S/c1-9-13(10(2)19-15-9)8-16(3)20(17,18)12-6-4-11(14)5-7-12/h4-7H,8H2,1-3H3. The van der Waals surface area contributed by atoms with Gasteiger partial charge in [0.25, 0.3) is 0 Å². The van der Waals surface area contributed by atoms with E-state index in [4.69, 9.17) is 4.52 Å². The molecule has 1 heterocycles. The van der Waals surface area contributed by atoms with Gasteiger partial charge in [-0.3, -0.25) is 0 Å². The molecule has 2 rings (SSSR count). The lowest BCUT2D eigenvalue weighted by atomic mass is 10.2. The van der Waals surface area contributed by atoms with Gasteiger partial charge in [0.2, 0.25) is 10.0 Å². The van der Waals surface area contributed by atoms with Crippen LogP contribution < -0.4 is 0 Å². The molecule has 0 radical (unpaired) electrons. The van der Waals surface area contributed by atoms with Crippen LogP contribution in [0.4, 0.5) is 0 Å². The number of benzene rings is 1. The maximum Gasteiger partial charge on any atom is 0.243 e. The van der Waals surface area contributed by atoms with Gasteiger partial charge in [0, 0.05) is 23.6 Å². The highest BCUT2D eigenvalue weighted by Gasteiger charge is 2.23. The lowest BCUT2D eigenvalue weighted by Crippen LogP contribution is -2.26. The SMILES string of the molecule is Cc1noc(C)c1CN(C)S(=O)(=O)c1ccc(Br)cc1. The van der Waals surface area contributed by atoms with Crippen molar-refractivity contribution in [3.63, 3.8) is 0 Å². The van der Waals surface area contributed by atoms with E-state index in [2.05, 4.69) is 21.1 Å². The summed E-state index contributed by atoms with van der Waals surface area (Å²) in [6.07, 6.45) is 0. The number of sulfonamides is 1. The second kappa shape index (κ2) is 5.67. The lowest BCUT2D eigenvalue weighted by Gasteiger charge is -2.17. The van der Waals surface area contributed by atoms with E-state index in [9.17, 15) is 8.42 Å². The van der Waals surface area contributed by atoms with E-state index < -0.39 is 10.0 Å². The van der Waals surface area contributed by atoms with E-state index in [1.54, 1.807) is 45.2 Å². The summed E-state index contributed by atoms with van der Waals surface area (Å²) in [5, 5.41) is 3.83. The molecule has 0 amide bonds. The van der Waals surface area contributed by atoms with Gasteiger partial charge in [0.15, 0.2) is 0 Å². The van der Waals surface area contributed by atoms with Gasteiger partial charge in [-0.1, -0.05) is 21.1 Å². The first-order valence-electron chi connectivity index (χ1n) is 5.96. The summed E-state index contributed by atoms with van der Waals surface area (Å²) >= 11 is 3.29. The summed E-state index contributed by atoms with van der Waals surface area (Å²) in [4.78, 5) is 0.259. The van der Waals surface area contributed by atoms with Gasteiger partial charge in [-0.2, -0.15) is 4.31 Å². The Bertz CT molecular complexity index is 688. The van der Waals surface area contributed by atoms with E-state index in [1.807, 2.05) is 0 Å². The predicted octanol–water partition coefficient (Wildman–Crippen LogP) is 2.87. The molecule has 0 aliphatic heterocycles. The minimum absolute atomic E-state index is 0.236. The summed E-state index contributed by atoms with van der Waals surface area (Å²) in [6.45, 7) is 3.81. The third kappa shape index (κ3) is 2.94. The Morgan fingerprint density at radius 2 is 1.85 bits per heavy atom. The van der Waals surface area contributed by atoms with Crippen LogP contribution in [-0.2, 0) is 16.6 Å². The number of halogens is 1. The van der Waals surface area contributed by atoms with Crippen LogP contribution >= 0.6 is 15.9 Å². The summed E-state index contributed by atoms with van der Waals surface area (Å²) in [5.41, 5.74) is 1.51. The van der Waals surface area contributed by atoms with Crippen LogP contribution in [0.1, 0.15) is 17.0 Å². The average Bonchev–Trinajstić information content (AvgIpc) is 2.71. The van der Waals surface area contributed by atoms with E-state index in [0.29, 0.717) is 11.5 Å².